The van der Waals surface area contributed by atoms with E-state index in [4.69, 9.17) is 4.74 Å². The molecule has 2 amide bonds. The molecule has 3 aromatic rings. The Morgan fingerprint density at radius 1 is 0.868 bits per heavy atom. The van der Waals surface area contributed by atoms with Crippen LogP contribution in [0.3, 0.4) is 0 Å². The lowest BCUT2D eigenvalue weighted by Gasteiger charge is -2.19. The molecule has 0 fully saturated rings. The molecule has 0 saturated heterocycles. The van der Waals surface area contributed by atoms with E-state index in [1.54, 1.807) is 12.1 Å². The maximum atomic E-state index is 13.2. The quantitative estimate of drug-likeness (QED) is 0.235. The van der Waals surface area contributed by atoms with Crippen molar-refractivity contribution in [2.45, 2.75) is 26.2 Å². The Morgan fingerprint density at radius 3 is 1.97 bits per heavy atom. The zero-order valence-corrected chi connectivity index (χ0v) is 21.2. The molecule has 0 aromatic heterocycles. The lowest BCUT2D eigenvalue weighted by molar-refractivity contribution is -0.385. The highest BCUT2D eigenvalue weighted by Gasteiger charge is 2.20. The van der Waals surface area contributed by atoms with Crippen molar-refractivity contribution in [2.75, 3.05) is 12.4 Å². The van der Waals surface area contributed by atoms with E-state index >= 15 is 0 Å². The third-order valence-corrected chi connectivity index (χ3v) is 5.56. The molecule has 196 valence electrons. The van der Waals surface area contributed by atoms with Gasteiger partial charge in [-0.25, -0.2) is 0 Å². The van der Waals surface area contributed by atoms with E-state index in [0.29, 0.717) is 11.1 Å². The minimum absolute atomic E-state index is 0.0475. The lowest BCUT2D eigenvalue weighted by atomic mass is 9.87. The van der Waals surface area contributed by atoms with E-state index in [1.165, 1.54) is 49.6 Å². The maximum Gasteiger partial charge on any atom is 0.273 e. The van der Waals surface area contributed by atoms with Crippen molar-refractivity contribution >= 4 is 35.0 Å². The highest BCUT2D eigenvalue weighted by Crippen LogP contribution is 2.29. The Morgan fingerprint density at radius 2 is 1.45 bits per heavy atom. The number of ether oxygens (including phenoxy) is 1. The van der Waals surface area contributed by atoms with Crippen molar-refractivity contribution in [3.63, 3.8) is 0 Å². The fourth-order valence-corrected chi connectivity index (χ4v) is 3.42. The second-order valence-corrected chi connectivity index (χ2v) is 9.28. The first-order valence-corrected chi connectivity index (χ1v) is 11.4. The van der Waals surface area contributed by atoms with Crippen LogP contribution in [-0.4, -0.2) is 28.8 Å². The summed E-state index contributed by atoms with van der Waals surface area (Å²) < 4.78 is 5.17. The third kappa shape index (κ3) is 6.78. The van der Waals surface area contributed by atoms with Gasteiger partial charge in [-0.05, 0) is 52.9 Å². The summed E-state index contributed by atoms with van der Waals surface area (Å²) in [6.45, 7) is 6.14. The van der Waals surface area contributed by atoms with Gasteiger partial charge in [0, 0.05) is 23.8 Å². The summed E-state index contributed by atoms with van der Waals surface area (Å²) in [5, 5.41) is 27.2. The Kier molecular flexibility index (Phi) is 8.21. The number of benzene rings is 3. The number of carbonyl (C=O) groups is 2. The van der Waals surface area contributed by atoms with Crippen LogP contribution in [0.2, 0.25) is 0 Å². The first kappa shape index (κ1) is 27.5. The van der Waals surface area contributed by atoms with E-state index in [0.717, 1.165) is 11.6 Å². The van der Waals surface area contributed by atoms with Crippen LogP contribution in [0.15, 0.2) is 72.4 Å². The van der Waals surface area contributed by atoms with Crippen LogP contribution in [-0.2, 0) is 10.2 Å². The van der Waals surface area contributed by atoms with Gasteiger partial charge in [-0.15, -0.1) is 0 Å². The first-order valence-electron chi connectivity index (χ1n) is 11.4. The van der Waals surface area contributed by atoms with Crippen molar-refractivity contribution in [3.05, 3.63) is 109 Å². The molecule has 0 spiro atoms. The summed E-state index contributed by atoms with van der Waals surface area (Å²) in [6.07, 6.45) is 1.36. The molecule has 2 N–H and O–H groups in total. The van der Waals surface area contributed by atoms with Gasteiger partial charge >= 0.3 is 0 Å². The van der Waals surface area contributed by atoms with Crippen molar-refractivity contribution in [1.82, 2.24) is 5.32 Å². The van der Waals surface area contributed by atoms with Gasteiger partial charge in [0.25, 0.3) is 23.2 Å². The van der Waals surface area contributed by atoms with Crippen molar-refractivity contribution in [2.24, 2.45) is 0 Å². The molecule has 0 atom stereocenters. The maximum absolute atomic E-state index is 13.2. The van der Waals surface area contributed by atoms with Crippen LogP contribution >= 0.6 is 0 Å². The molecule has 11 nitrogen and oxygen atoms in total. The van der Waals surface area contributed by atoms with Gasteiger partial charge in [-0.3, -0.25) is 29.8 Å². The van der Waals surface area contributed by atoms with E-state index in [9.17, 15) is 29.8 Å². The third-order valence-electron chi connectivity index (χ3n) is 5.56. The van der Waals surface area contributed by atoms with Gasteiger partial charge in [-0.1, -0.05) is 32.9 Å². The Labute approximate surface area is 218 Å². The molecule has 0 aliphatic carbocycles. The number of nitro benzene ring substituents is 2. The van der Waals surface area contributed by atoms with Gasteiger partial charge in [0.15, 0.2) is 0 Å². The first-order chi connectivity index (χ1) is 17.9. The summed E-state index contributed by atoms with van der Waals surface area (Å²) in [5.41, 5.74) is 1.26. The number of hydrogen-bond acceptors (Lipinski definition) is 7. The summed E-state index contributed by atoms with van der Waals surface area (Å²) in [6, 6.07) is 16.0. The number of hydrogen-bond donors (Lipinski definition) is 2. The average molecular weight is 519 g/mol. The molecule has 3 aromatic carbocycles. The number of carbonyl (C=O) groups excluding carboxylic acids is 2. The highest BCUT2D eigenvalue weighted by atomic mass is 16.6. The van der Waals surface area contributed by atoms with Crippen LogP contribution in [0.4, 0.5) is 17.1 Å². The highest BCUT2D eigenvalue weighted by molar-refractivity contribution is 6.11. The van der Waals surface area contributed by atoms with Gasteiger partial charge in [0.05, 0.1) is 28.7 Å². The predicted octanol–water partition coefficient (Wildman–Crippen LogP) is 5.22. The fraction of sp³-hybridized carbons (Fsp3) is 0.185. The van der Waals surface area contributed by atoms with Gasteiger partial charge in [0.2, 0.25) is 0 Å². The molecule has 0 saturated carbocycles. The van der Waals surface area contributed by atoms with E-state index in [2.05, 4.69) is 10.6 Å². The van der Waals surface area contributed by atoms with Crippen LogP contribution in [0.1, 0.15) is 42.3 Å². The number of methoxy groups -OCH3 is 1. The predicted molar refractivity (Wildman–Crippen MR) is 142 cm³/mol. The zero-order chi connectivity index (χ0) is 28.0. The molecule has 0 heterocycles. The summed E-state index contributed by atoms with van der Waals surface area (Å²) >= 11 is 0. The topological polar surface area (TPSA) is 154 Å². The number of nitrogens with zero attached hydrogens (tertiary/aromatic N) is 2. The lowest BCUT2D eigenvalue weighted by Crippen LogP contribution is -2.31. The fourth-order valence-electron chi connectivity index (χ4n) is 3.42. The van der Waals surface area contributed by atoms with E-state index in [-0.39, 0.29) is 33.9 Å². The standard InChI is InChI=1S/C27H26N4O7/c1-27(2,3)19-9-7-18(8-10-19)25(32)29-23(15-17-5-11-20(12-6-17)30(34)35)26(33)28-22-14-13-21(31(36)37)16-24(22)38-4/h5-16H,1-4H3,(H,28,33)(H,29,32)/b23-15-. The Balaban J connectivity index is 1.94. The number of amides is 2. The summed E-state index contributed by atoms with van der Waals surface area (Å²) in [7, 11) is 1.30. The summed E-state index contributed by atoms with van der Waals surface area (Å²) in [4.78, 5) is 47.2. The monoisotopic (exact) mass is 518 g/mol. The molecule has 3 rings (SSSR count). The Bertz CT molecular complexity index is 1410. The zero-order valence-electron chi connectivity index (χ0n) is 21.2. The Hall–Kier alpha value is -5.06. The summed E-state index contributed by atoms with van der Waals surface area (Å²) in [5.74, 6) is -1.24. The molecule has 0 radical (unpaired) electrons. The normalized spacial score (nSPS) is 11.4. The molecule has 0 aliphatic heterocycles. The number of non-ortho nitro benzene ring substituents is 2. The van der Waals surface area contributed by atoms with Crippen LogP contribution in [0.5, 0.6) is 5.75 Å². The van der Waals surface area contributed by atoms with Crippen LogP contribution < -0.4 is 15.4 Å². The van der Waals surface area contributed by atoms with Gasteiger partial charge < -0.3 is 15.4 Å². The van der Waals surface area contributed by atoms with Crippen LogP contribution in [0.25, 0.3) is 6.08 Å². The minimum Gasteiger partial charge on any atom is -0.494 e. The van der Waals surface area contributed by atoms with E-state index < -0.39 is 21.7 Å². The average Bonchev–Trinajstić information content (AvgIpc) is 2.88. The smallest absolute Gasteiger partial charge is 0.273 e. The van der Waals surface area contributed by atoms with E-state index in [1.807, 2.05) is 32.9 Å². The number of rotatable bonds is 8. The SMILES string of the molecule is COc1cc([N+](=O)[O-])ccc1NC(=O)/C(=C/c1ccc([N+](=O)[O-])cc1)NC(=O)c1ccc(C(C)(C)C)cc1. The largest absolute Gasteiger partial charge is 0.494 e. The number of anilines is 1. The van der Waals surface area contributed by atoms with Crippen molar-refractivity contribution in [1.29, 1.82) is 0 Å². The van der Waals surface area contributed by atoms with Crippen molar-refractivity contribution < 1.29 is 24.2 Å². The second kappa shape index (κ2) is 11.3. The minimum atomic E-state index is -0.741. The second-order valence-electron chi connectivity index (χ2n) is 9.28. The van der Waals surface area contributed by atoms with Gasteiger partial charge in [-0.2, -0.15) is 0 Å². The number of nitro groups is 2. The molecular formula is C27H26N4O7. The van der Waals surface area contributed by atoms with Gasteiger partial charge in [0.1, 0.15) is 11.4 Å². The van der Waals surface area contributed by atoms with Crippen LogP contribution in [0, 0.1) is 20.2 Å². The molecule has 38 heavy (non-hydrogen) atoms. The molecule has 0 aliphatic rings. The molecular weight excluding hydrogens is 492 g/mol. The number of nitrogens with one attached hydrogen (secondary N) is 2. The molecule has 0 bridgehead atoms. The van der Waals surface area contributed by atoms with Crippen molar-refractivity contribution in [3.8, 4) is 5.75 Å². The molecule has 0 unspecified atom stereocenters. The molecule has 11 heteroatoms.